The second kappa shape index (κ2) is 5.69. The molecule has 0 fully saturated rings. The highest BCUT2D eigenvalue weighted by Crippen LogP contribution is 2.21. The van der Waals surface area contributed by atoms with E-state index in [1.54, 1.807) is 4.68 Å². The number of carbonyl (C=O) groups excluding carboxylic acids is 1. The van der Waals surface area contributed by atoms with Crippen molar-refractivity contribution in [1.82, 2.24) is 19.6 Å². The standard InChI is InChI=1S/C13H16BrClN4O/c1-7-12(14)9(3)19(17-7)11(20)5-6-18-10(4)13(15)8(2)16-18/h5-6H2,1-4H3. The molecule has 0 saturated heterocycles. The lowest BCUT2D eigenvalue weighted by Gasteiger charge is -2.05. The number of hydrogen-bond acceptors (Lipinski definition) is 3. The Bertz CT molecular complexity index is 674. The Morgan fingerprint density at radius 2 is 1.80 bits per heavy atom. The van der Waals surface area contributed by atoms with Crippen LogP contribution in [-0.2, 0) is 6.54 Å². The molecule has 2 rings (SSSR count). The third-order valence-electron chi connectivity index (χ3n) is 3.27. The molecule has 7 heteroatoms. The maximum absolute atomic E-state index is 12.2. The van der Waals surface area contributed by atoms with E-state index in [0.29, 0.717) is 18.0 Å². The topological polar surface area (TPSA) is 52.7 Å². The van der Waals surface area contributed by atoms with Crippen molar-refractivity contribution in [3.05, 3.63) is 32.3 Å². The Kier molecular flexibility index (Phi) is 4.34. The minimum Gasteiger partial charge on any atom is -0.272 e. The second-order valence-electron chi connectivity index (χ2n) is 4.75. The summed E-state index contributed by atoms with van der Waals surface area (Å²) in [4.78, 5) is 12.2. The van der Waals surface area contributed by atoms with Gasteiger partial charge in [0.25, 0.3) is 0 Å². The van der Waals surface area contributed by atoms with Gasteiger partial charge < -0.3 is 0 Å². The van der Waals surface area contributed by atoms with Gasteiger partial charge in [0.1, 0.15) is 0 Å². The minimum atomic E-state index is -0.0556. The predicted octanol–water partition coefficient (Wildman–Crippen LogP) is 3.46. The third-order valence-corrected chi connectivity index (χ3v) is 4.96. The predicted molar refractivity (Wildman–Crippen MR) is 81.4 cm³/mol. The van der Waals surface area contributed by atoms with E-state index in [1.807, 2.05) is 27.7 Å². The molecule has 0 saturated carbocycles. The molecule has 0 amide bonds. The lowest BCUT2D eigenvalue weighted by molar-refractivity contribution is 0.0876. The van der Waals surface area contributed by atoms with Crippen LogP contribution in [0, 0.1) is 27.7 Å². The number of hydrogen-bond donors (Lipinski definition) is 0. The quantitative estimate of drug-likeness (QED) is 0.843. The van der Waals surface area contributed by atoms with Crippen LogP contribution in [0.1, 0.15) is 34.0 Å². The Balaban J connectivity index is 2.12. The van der Waals surface area contributed by atoms with Gasteiger partial charge in [-0.1, -0.05) is 11.6 Å². The first-order valence-electron chi connectivity index (χ1n) is 6.27. The zero-order valence-electron chi connectivity index (χ0n) is 11.9. The average Bonchev–Trinajstić information content (AvgIpc) is 2.81. The number of carbonyl (C=O) groups is 1. The molecule has 0 N–H and O–H groups in total. The lowest BCUT2D eigenvalue weighted by Crippen LogP contribution is -2.17. The van der Waals surface area contributed by atoms with Crippen molar-refractivity contribution in [1.29, 1.82) is 0 Å². The summed E-state index contributed by atoms with van der Waals surface area (Å²) >= 11 is 9.51. The van der Waals surface area contributed by atoms with Crippen molar-refractivity contribution in [2.45, 2.75) is 40.7 Å². The highest BCUT2D eigenvalue weighted by atomic mass is 79.9. The first-order chi connectivity index (χ1) is 9.32. The molecule has 0 radical (unpaired) electrons. The Morgan fingerprint density at radius 1 is 1.15 bits per heavy atom. The number of rotatable bonds is 3. The molecular formula is C13H16BrClN4O. The average molecular weight is 360 g/mol. The molecule has 0 aliphatic rings. The molecule has 0 aromatic carbocycles. The summed E-state index contributed by atoms with van der Waals surface area (Å²) in [6.45, 7) is 7.97. The molecule has 20 heavy (non-hydrogen) atoms. The van der Waals surface area contributed by atoms with E-state index in [-0.39, 0.29) is 5.91 Å². The Labute approximate surface area is 131 Å². The first-order valence-corrected chi connectivity index (χ1v) is 7.44. The van der Waals surface area contributed by atoms with E-state index < -0.39 is 0 Å². The van der Waals surface area contributed by atoms with E-state index in [9.17, 15) is 4.79 Å². The van der Waals surface area contributed by atoms with Gasteiger partial charge in [0.05, 0.1) is 38.8 Å². The minimum absolute atomic E-state index is 0.0556. The van der Waals surface area contributed by atoms with Gasteiger partial charge in [-0.15, -0.1) is 0 Å². The van der Waals surface area contributed by atoms with Crippen molar-refractivity contribution in [2.75, 3.05) is 0 Å². The van der Waals surface area contributed by atoms with Gasteiger partial charge in [0.15, 0.2) is 0 Å². The van der Waals surface area contributed by atoms with Gasteiger partial charge in [-0.2, -0.15) is 10.2 Å². The van der Waals surface area contributed by atoms with Gasteiger partial charge in [-0.05, 0) is 43.6 Å². The maximum atomic E-state index is 12.2. The fourth-order valence-corrected chi connectivity index (χ4v) is 2.45. The van der Waals surface area contributed by atoms with Crippen molar-refractivity contribution < 1.29 is 4.79 Å². The SMILES string of the molecule is Cc1nn(CCC(=O)n2nc(C)c(Br)c2C)c(C)c1Cl. The third kappa shape index (κ3) is 2.67. The van der Waals surface area contributed by atoms with Crippen molar-refractivity contribution in [3.63, 3.8) is 0 Å². The van der Waals surface area contributed by atoms with Gasteiger partial charge in [0.2, 0.25) is 5.91 Å². The normalized spacial score (nSPS) is 11.1. The molecule has 2 aromatic rings. The fraction of sp³-hybridized carbons (Fsp3) is 0.462. The van der Waals surface area contributed by atoms with Crippen LogP contribution >= 0.6 is 27.5 Å². The molecule has 2 heterocycles. The largest absolute Gasteiger partial charge is 0.272 e. The van der Waals surface area contributed by atoms with Crippen molar-refractivity contribution in [2.24, 2.45) is 0 Å². The fourth-order valence-electron chi connectivity index (χ4n) is 2.07. The summed E-state index contributed by atoms with van der Waals surface area (Å²) in [5.74, 6) is -0.0556. The number of aryl methyl sites for hydroxylation is 3. The second-order valence-corrected chi connectivity index (χ2v) is 5.92. The molecule has 2 aromatic heterocycles. The van der Waals surface area contributed by atoms with Crippen LogP contribution in [0.2, 0.25) is 5.02 Å². The van der Waals surface area contributed by atoms with Gasteiger partial charge in [-0.25, -0.2) is 4.68 Å². The molecule has 5 nitrogen and oxygen atoms in total. The van der Waals surface area contributed by atoms with Crippen LogP contribution in [0.4, 0.5) is 0 Å². The van der Waals surface area contributed by atoms with Gasteiger partial charge >= 0.3 is 0 Å². The molecule has 108 valence electrons. The Morgan fingerprint density at radius 3 is 2.25 bits per heavy atom. The molecule has 0 unspecified atom stereocenters. The van der Waals surface area contributed by atoms with E-state index in [4.69, 9.17) is 11.6 Å². The summed E-state index contributed by atoms with van der Waals surface area (Å²) in [5, 5.41) is 9.20. The van der Waals surface area contributed by atoms with E-state index in [0.717, 1.165) is 27.2 Å². The van der Waals surface area contributed by atoms with Crippen LogP contribution in [0.3, 0.4) is 0 Å². The van der Waals surface area contributed by atoms with Crippen LogP contribution < -0.4 is 0 Å². The van der Waals surface area contributed by atoms with Crippen molar-refractivity contribution >= 4 is 33.4 Å². The van der Waals surface area contributed by atoms with Gasteiger partial charge in [-0.3, -0.25) is 9.48 Å². The molecule has 0 bridgehead atoms. The number of nitrogens with zero attached hydrogens (tertiary/aromatic N) is 4. The summed E-state index contributed by atoms with van der Waals surface area (Å²) < 4.78 is 4.07. The van der Waals surface area contributed by atoms with E-state index in [1.165, 1.54) is 4.68 Å². The van der Waals surface area contributed by atoms with Crippen LogP contribution in [0.15, 0.2) is 4.47 Å². The summed E-state index contributed by atoms with van der Waals surface area (Å²) in [5.41, 5.74) is 3.29. The zero-order valence-corrected chi connectivity index (χ0v) is 14.2. The van der Waals surface area contributed by atoms with Gasteiger partial charge in [0, 0.05) is 6.42 Å². The molecule has 0 aliphatic heterocycles. The van der Waals surface area contributed by atoms with Crippen LogP contribution in [0.5, 0.6) is 0 Å². The highest BCUT2D eigenvalue weighted by Gasteiger charge is 2.16. The zero-order chi connectivity index (χ0) is 15.0. The molecule has 0 spiro atoms. The van der Waals surface area contributed by atoms with Crippen LogP contribution in [0.25, 0.3) is 0 Å². The molecule has 0 atom stereocenters. The smallest absolute Gasteiger partial charge is 0.248 e. The lowest BCUT2D eigenvalue weighted by atomic mass is 10.3. The highest BCUT2D eigenvalue weighted by molar-refractivity contribution is 9.10. The van der Waals surface area contributed by atoms with E-state index in [2.05, 4.69) is 26.1 Å². The number of aromatic nitrogens is 4. The van der Waals surface area contributed by atoms with E-state index >= 15 is 0 Å². The monoisotopic (exact) mass is 358 g/mol. The van der Waals surface area contributed by atoms with Crippen molar-refractivity contribution in [3.8, 4) is 0 Å². The molecular weight excluding hydrogens is 344 g/mol. The first kappa shape index (κ1) is 15.3. The van der Waals surface area contributed by atoms with Crippen LogP contribution in [-0.4, -0.2) is 25.5 Å². The Hall–Kier alpha value is -1.14. The summed E-state index contributed by atoms with van der Waals surface area (Å²) in [6, 6.07) is 0. The molecule has 0 aliphatic carbocycles. The number of halogens is 2. The maximum Gasteiger partial charge on any atom is 0.248 e. The summed E-state index contributed by atoms with van der Waals surface area (Å²) in [6.07, 6.45) is 0.326. The summed E-state index contributed by atoms with van der Waals surface area (Å²) in [7, 11) is 0.